The van der Waals surface area contributed by atoms with Crippen molar-refractivity contribution in [3.8, 4) is 34.3 Å². The number of aromatic nitrogens is 4. The third-order valence-electron chi connectivity index (χ3n) is 6.24. The second kappa shape index (κ2) is 9.25. The van der Waals surface area contributed by atoms with E-state index in [1.54, 1.807) is 4.68 Å². The number of rotatable bonds is 6. The molecule has 0 N–H and O–H groups in total. The van der Waals surface area contributed by atoms with Crippen LogP contribution in [0.25, 0.3) is 22.8 Å². The fourth-order valence-electron chi connectivity index (χ4n) is 4.26. The maximum atomic E-state index is 5.75. The van der Waals surface area contributed by atoms with Gasteiger partial charge >= 0.3 is 0 Å². The Labute approximate surface area is 206 Å². The number of benzene rings is 2. The zero-order valence-electron chi connectivity index (χ0n) is 19.2. The predicted octanol–water partition coefficient (Wildman–Crippen LogP) is 3.74. The van der Waals surface area contributed by atoms with Crippen molar-refractivity contribution in [2.24, 2.45) is 0 Å². The maximum Gasteiger partial charge on any atom is 0.288 e. The van der Waals surface area contributed by atoms with Crippen molar-refractivity contribution in [3.63, 3.8) is 0 Å². The lowest BCUT2D eigenvalue weighted by atomic mass is 10.1. The summed E-state index contributed by atoms with van der Waals surface area (Å²) in [5, 5.41) is 8.75. The molecule has 0 unspecified atom stereocenters. The summed E-state index contributed by atoms with van der Waals surface area (Å²) in [7, 11) is 0. The largest absolute Gasteiger partial charge is 0.454 e. The van der Waals surface area contributed by atoms with Gasteiger partial charge in [0.05, 0.1) is 13.2 Å². The Balaban J connectivity index is 1.05. The lowest BCUT2D eigenvalue weighted by Crippen LogP contribution is -2.46. The van der Waals surface area contributed by atoms with E-state index in [-0.39, 0.29) is 6.79 Å². The topological polar surface area (TPSA) is 94.8 Å². The van der Waals surface area contributed by atoms with Gasteiger partial charge in [-0.25, -0.2) is 4.68 Å². The molecule has 35 heavy (non-hydrogen) atoms. The lowest BCUT2D eigenvalue weighted by molar-refractivity contribution is 0.0902. The second-order valence-electron chi connectivity index (χ2n) is 8.60. The molecule has 0 aliphatic carbocycles. The van der Waals surface area contributed by atoms with Gasteiger partial charge in [-0.15, -0.1) is 5.10 Å². The summed E-state index contributed by atoms with van der Waals surface area (Å²) < 4.78 is 23.8. The molecule has 0 bridgehead atoms. The number of fused-ring (bicyclic) bond motifs is 1. The third-order valence-corrected chi connectivity index (χ3v) is 6.53. The van der Waals surface area contributed by atoms with E-state index in [4.69, 9.17) is 30.6 Å². The molecule has 2 aliphatic heterocycles. The van der Waals surface area contributed by atoms with Gasteiger partial charge in [0.15, 0.2) is 11.5 Å². The third kappa shape index (κ3) is 4.57. The molecule has 4 heterocycles. The van der Waals surface area contributed by atoms with Crippen molar-refractivity contribution < 1.29 is 18.4 Å². The number of aryl methyl sites for hydroxylation is 1. The summed E-state index contributed by atoms with van der Waals surface area (Å²) >= 11 is 5.42. The van der Waals surface area contributed by atoms with Gasteiger partial charge in [-0.3, -0.25) is 9.80 Å². The molecule has 2 aromatic heterocycles. The first-order valence-corrected chi connectivity index (χ1v) is 11.8. The van der Waals surface area contributed by atoms with Crippen LogP contribution >= 0.6 is 12.2 Å². The number of nitrogens with zero attached hydrogens (tertiary/aromatic N) is 6. The maximum absolute atomic E-state index is 5.75. The summed E-state index contributed by atoms with van der Waals surface area (Å²) in [6.07, 6.45) is 0. The molecule has 0 atom stereocenters. The van der Waals surface area contributed by atoms with Crippen LogP contribution in [0, 0.1) is 11.8 Å². The van der Waals surface area contributed by atoms with Gasteiger partial charge in [0.25, 0.3) is 4.84 Å². The van der Waals surface area contributed by atoms with Crippen molar-refractivity contribution in [1.29, 1.82) is 0 Å². The SMILES string of the molecule is Cc1ccccc1-c1noc(CN2CCN(Cn3nc(-c4ccc5c(c4)OCO5)oc3=S)CC2)n1. The minimum atomic E-state index is 0.225. The van der Waals surface area contributed by atoms with Crippen LogP contribution in [0.3, 0.4) is 0 Å². The zero-order valence-corrected chi connectivity index (χ0v) is 20.0. The second-order valence-corrected chi connectivity index (χ2v) is 8.95. The molecule has 6 rings (SSSR count). The van der Waals surface area contributed by atoms with Crippen LogP contribution in [0.1, 0.15) is 11.5 Å². The van der Waals surface area contributed by atoms with Gasteiger partial charge in [0.1, 0.15) is 0 Å². The van der Waals surface area contributed by atoms with Gasteiger partial charge in [0, 0.05) is 37.3 Å². The van der Waals surface area contributed by atoms with E-state index < -0.39 is 0 Å². The minimum absolute atomic E-state index is 0.225. The number of ether oxygens (including phenoxy) is 2. The monoisotopic (exact) mass is 492 g/mol. The average Bonchev–Trinajstić information content (AvgIpc) is 3.61. The van der Waals surface area contributed by atoms with E-state index in [1.165, 1.54) is 0 Å². The molecule has 11 heteroatoms. The highest BCUT2D eigenvalue weighted by Gasteiger charge is 2.22. The fourth-order valence-corrected chi connectivity index (χ4v) is 4.44. The van der Waals surface area contributed by atoms with E-state index in [0.717, 1.165) is 48.6 Å². The first-order valence-electron chi connectivity index (χ1n) is 11.4. The molecule has 180 valence electrons. The quantitative estimate of drug-likeness (QED) is 0.371. The Morgan fingerprint density at radius 3 is 2.63 bits per heavy atom. The van der Waals surface area contributed by atoms with E-state index in [0.29, 0.717) is 41.4 Å². The summed E-state index contributed by atoms with van der Waals surface area (Å²) in [4.78, 5) is 9.55. The van der Waals surface area contributed by atoms with Gasteiger partial charge in [-0.1, -0.05) is 29.4 Å². The van der Waals surface area contributed by atoms with Crippen LogP contribution in [0.15, 0.2) is 51.4 Å². The van der Waals surface area contributed by atoms with Crippen LogP contribution in [-0.2, 0) is 13.2 Å². The molecular formula is C24H24N6O4S. The molecular weight excluding hydrogens is 468 g/mol. The van der Waals surface area contributed by atoms with E-state index in [1.807, 2.05) is 49.4 Å². The van der Waals surface area contributed by atoms with Crippen molar-refractivity contribution in [1.82, 2.24) is 29.7 Å². The Kier molecular flexibility index (Phi) is 5.80. The van der Waals surface area contributed by atoms with Crippen LogP contribution in [0.5, 0.6) is 11.5 Å². The summed E-state index contributed by atoms with van der Waals surface area (Å²) in [5.74, 6) is 3.13. The fraction of sp³-hybridized carbons (Fsp3) is 0.333. The van der Waals surface area contributed by atoms with Crippen LogP contribution in [0.4, 0.5) is 0 Å². The number of hydrogen-bond donors (Lipinski definition) is 0. The van der Waals surface area contributed by atoms with Gasteiger partial charge < -0.3 is 18.4 Å². The summed E-state index contributed by atoms with van der Waals surface area (Å²) in [5.41, 5.74) is 2.92. The van der Waals surface area contributed by atoms with Gasteiger partial charge in [-0.05, 0) is 42.9 Å². The van der Waals surface area contributed by atoms with E-state index in [2.05, 4.69) is 25.0 Å². The molecule has 2 aromatic carbocycles. The van der Waals surface area contributed by atoms with Crippen LogP contribution in [-0.4, -0.2) is 62.7 Å². The van der Waals surface area contributed by atoms with Crippen LogP contribution in [0.2, 0.25) is 0 Å². The highest BCUT2D eigenvalue weighted by molar-refractivity contribution is 7.71. The molecule has 10 nitrogen and oxygen atoms in total. The molecule has 0 amide bonds. The van der Waals surface area contributed by atoms with Gasteiger partial charge in [0.2, 0.25) is 24.4 Å². The Morgan fingerprint density at radius 1 is 0.971 bits per heavy atom. The molecule has 4 aromatic rings. The summed E-state index contributed by atoms with van der Waals surface area (Å²) in [6.45, 7) is 6.96. The molecule has 0 spiro atoms. The van der Waals surface area contributed by atoms with Crippen LogP contribution < -0.4 is 9.47 Å². The van der Waals surface area contributed by atoms with Crippen molar-refractivity contribution in [2.75, 3.05) is 33.0 Å². The first-order chi connectivity index (χ1) is 17.1. The van der Waals surface area contributed by atoms with Crippen molar-refractivity contribution >= 4 is 12.2 Å². The standard InChI is InChI=1S/C24H24N6O4S/c1-16-4-2-3-5-18(16)22-25-21(34-27-22)13-28-8-10-29(11-9-28)14-30-24(35)33-23(26-30)17-6-7-19-20(12-17)32-15-31-19/h2-7,12H,8-11,13-15H2,1H3. The van der Waals surface area contributed by atoms with E-state index >= 15 is 0 Å². The smallest absolute Gasteiger partial charge is 0.288 e. The van der Waals surface area contributed by atoms with Crippen molar-refractivity contribution in [2.45, 2.75) is 20.1 Å². The molecule has 0 saturated carbocycles. The summed E-state index contributed by atoms with van der Waals surface area (Å²) in [6, 6.07) is 13.6. The molecule has 0 radical (unpaired) electrons. The van der Waals surface area contributed by atoms with Gasteiger partial charge in [-0.2, -0.15) is 4.98 Å². The molecule has 1 saturated heterocycles. The highest BCUT2D eigenvalue weighted by atomic mass is 32.1. The number of hydrogen-bond acceptors (Lipinski definition) is 10. The molecule has 2 aliphatic rings. The Bertz CT molecular complexity index is 1410. The zero-order chi connectivity index (χ0) is 23.8. The van der Waals surface area contributed by atoms with E-state index in [9.17, 15) is 0 Å². The minimum Gasteiger partial charge on any atom is -0.454 e. The lowest BCUT2D eigenvalue weighted by Gasteiger charge is -2.33. The Hall–Kier alpha value is -3.54. The molecule has 1 fully saturated rings. The average molecular weight is 493 g/mol. The normalized spacial score (nSPS) is 16.1. The van der Waals surface area contributed by atoms with Crippen molar-refractivity contribution in [3.05, 3.63) is 58.8 Å². The Morgan fingerprint density at radius 2 is 1.77 bits per heavy atom. The predicted molar refractivity (Wildman–Crippen MR) is 128 cm³/mol. The first kappa shape index (κ1) is 22.0. The highest BCUT2D eigenvalue weighted by Crippen LogP contribution is 2.35. The number of piperazine rings is 1.